The summed E-state index contributed by atoms with van der Waals surface area (Å²) in [4.78, 5) is 6.80. The van der Waals surface area contributed by atoms with Crippen LogP contribution in [0.1, 0.15) is 29.2 Å². The summed E-state index contributed by atoms with van der Waals surface area (Å²) in [5.74, 6) is 1.42. The molecule has 0 unspecified atom stereocenters. The van der Waals surface area contributed by atoms with E-state index in [1.165, 1.54) is 22.7 Å². The lowest BCUT2D eigenvalue weighted by molar-refractivity contribution is 0.357. The molecule has 0 amide bonds. The van der Waals surface area contributed by atoms with Gasteiger partial charge in [-0.05, 0) is 80.9 Å². The van der Waals surface area contributed by atoms with E-state index in [1.807, 2.05) is 12.1 Å². The van der Waals surface area contributed by atoms with E-state index in [9.17, 15) is 0 Å². The summed E-state index contributed by atoms with van der Waals surface area (Å²) in [7, 11) is 2.14. The minimum absolute atomic E-state index is 0. The molecule has 0 N–H and O–H groups in total. The van der Waals surface area contributed by atoms with Crippen molar-refractivity contribution in [3.8, 4) is 28.4 Å². The summed E-state index contributed by atoms with van der Waals surface area (Å²) in [5, 5.41) is 9.42. The molecule has 5 nitrogen and oxygen atoms in total. The fourth-order valence-electron chi connectivity index (χ4n) is 2.85. The molecule has 0 saturated heterocycles. The van der Waals surface area contributed by atoms with Crippen LogP contribution in [0.5, 0.6) is 10.9 Å². The van der Waals surface area contributed by atoms with E-state index >= 15 is 0 Å². The van der Waals surface area contributed by atoms with Crippen LogP contribution in [0.2, 0.25) is 0 Å². The summed E-state index contributed by atoms with van der Waals surface area (Å²) in [6, 6.07) is 13.6. The van der Waals surface area contributed by atoms with E-state index in [4.69, 9.17) is 10.00 Å². The van der Waals surface area contributed by atoms with Gasteiger partial charge in [-0.15, -0.1) is 12.4 Å². The summed E-state index contributed by atoms with van der Waals surface area (Å²) >= 11 is 1.23. The van der Waals surface area contributed by atoms with Crippen LogP contribution in [0, 0.1) is 25.2 Å². The summed E-state index contributed by atoms with van der Waals surface area (Å²) in [6.07, 6.45) is 1.03. The van der Waals surface area contributed by atoms with E-state index in [1.54, 1.807) is 12.1 Å². The first-order chi connectivity index (χ1) is 13.5. The Bertz CT molecular complexity index is 995. The van der Waals surface area contributed by atoms with Gasteiger partial charge in [0.2, 0.25) is 0 Å². The van der Waals surface area contributed by atoms with Crippen molar-refractivity contribution in [2.45, 2.75) is 27.2 Å². The van der Waals surface area contributed by atoms with Crippen molar-refractivity contribution in [2.75, 3.05) is 20.1 Å². The standard InChI is InChI=1S/C22H24N4OS.ClH/c1-5-26(4)11-10-19-12-16(3)20(13-15(19)2)27-22-24-21(25-28-22)18-8-6-17(14-23)7-9-18;/h6-9,12-13H,5,10-11H2,1-4H3;1H. The van der Waals surface area contributed by atoms with Crippen LogP contribution >= 0.6 is 23.9 Å². The topological polar surface area (TPSA) is 62.0 Å². The number of benzene rings is 2. The van der Waals surface area contributed by atoms with E-state index in [-0.39, 0.29) is 12.4 Å². The summed E-state index contributed by atoms with van der Waals surface area (Å²) in [5.41, 5.74) is 5.15. The zero-order valence-corrected chi connectivity index (χ0v) is 18.7. The summed E-state index contributed by atoms with van der Waals surface area (Å²) in [6.45, 7) is 8.45. The number of aromatic nitrogens is 2. The number of nitrogens with zero attached hydrogens (tertiary/aromatic N) is 4. The van der Waals surface area contributed by atoms with Gasteiger partial charge in [0.15, 0.2) is 5.82 Å². The molecule has 0 aliphatic heterocycles. The van der Waals surface area contributed by atoms with Crippen LogP contribution in [0.25, 0.3) is 11.4 Å². The lowest BCUT2D eigenvalue weighted by Gasteiger charge is -2.16. The first-order valence-electron chi connectivity index (χ1n) is 9.31. The molecule has 2 aromatic carbocycles. The van der Waals surface area contributed by atoms with Crippen LogP contribution in [-0.2, 0) is 6.42 Å². The second-order valence-electron chi connectivity index (χ2n) is 6.87. The zero-order chi connectivity index (χ0) is 20.1. The lowest BCUT2D eigenvalue weighted by Crippen LogP contribution is -2.20. The molecule has 0 atom stereocenters. The van der Waals surface area contributed by atoms with Crippen molar-refractivity contribution in [3.05, 3.63) is 58.7 Å². The third kappa shape index (κ3) is 5.77. The molecule has 3 rings (SSSR count). The minimum Gasteiger partial charge on any atom is -0.430 e. The Balaban J connectivity index is 0.00000300. The third-order valence-corrected chi connectivity index (χ3v) is 5.41. The maximum absolute atomic E-state index is 8.91. The molecular weight excluding hydrogens is 404 g/mol. The number of likely N-dealkylation sites (N-methyl/N-ethyl adjacent to an activating group) is 1. The van der Waals surface area contributed by atoms with Gasteiger partial charge in [0.25, 0.3) is 5.19 Å². The fraction of sp³-hybridized carbons (Fsp3) is 0.318. The molecule has 0 saturated carbocycles. The molecule has 29 heavy (non-hydrogen) atoms. The first kappa shape index (κ1) is 22.8. The molecule has 7 heteroatoms. The van der Waals surface area contributed by atoms with Gasteiger partial charge in [0.1, 0.15) is 5.75 Å². The third-order valence-electron chi connectivity index (χ3n) is 4.81. The number of aryl methyl sites for hydroxylation is 2. The molecule has 0 spiro atoms. The highest BCUT2D eigenvalue weighted by Crippen LogP contribution is 2.31. The van der Waals surface area contributed by atoms with Crippen LogP contribution in [0.4, 0.5) is 0 Å². The Hall–Kier alpha value is -2.46. The van der Waals surface area contributed by atoms with Crippen molar-refractivity contribution in [3.63, 3.8) is 0 Å². The summed E-state index contributed by atoms with van der Waals surface area (Å²) < 4.78 is 10.4. The second-order valence-corrected chi connectivity index (χ2v) is 7.58. The fourth-order valence-corrected chi connectivity index (χ4v) is 3.42. The van der Waals surface area contributed by atoms with Crippen LogP contribution in [-0.4, -0.2) is 34.4 Å². The van der Waals surface area contributed by atoms with Gasteiger partial charge in [-0.25, -0.2) is 0 Å². The Morgan fingerprint density at radius 2 is 1.86 bits per heavy atom. The number of rotatable bonds is 7. The van der Waals surface area contributed by atoms with Crippen LogP contribution in [0.3, 0.4) is 0 Å². The monoisotopic (exact) mass is 428 g/mol. The molecule has 0 radical (unpaired) electrons. The van der Waals surface area contributed by atoms with Gasteiger partial charge in [0, 0.05) is 23.6 Å². The van der Waals surface area contributed by atoms with Gasteiger partial charge in [0.05, 0.1) is 11.6 Å². The minimum atomic E-state index is 0. The van der Waals surface area contributed by atoms with Gasteiger partial charge in [-0.2, -0.15) is 14.6 Å². The molecule has 1 aromatic heterocycles. The Morgan fingerprint density at radius 3 is 2.52 bits per heavy atom. The average Bonchev–Trinajstić information content (AvgIpc) is 3.17. The van der Waals surface area contributed by atoms with Crippen molar-refractivity contribution < 1.29 is 4.74 Å². The molecule has 0 fully saturated rings. The largest absolute Gasteiger partial charge is 0.430 e. The lowest BCUT2D eigenvalue weighted by atomic mass is 10.0. The molecule has 0 aliphatic carbocycles. The van der Waals surface area contributed by atoms with Gasteiger partial charge < -0.3 is 9.64 Å². The first-order valence-corrected chi connectivity index (χ1v) is 10.1. The number of hydrogen-bond donors (Lipinski definition) is 0. The maximum Gasteiger partial charge on any atom is 0.299 e. The van der Waals surface area contributed by atoms with Crippen LogP contribution < -0.4 is 4.74 Å². The SMILES string of the molecule is CCN(C)CCc1cc(C)c(Oc2nc(-c3ccc(C#N)cc3)ns2)cc1C.Cl. The second kappa shape index (κ2) is 10.4. The van der Waals surface area contributed by atoms with Crippen molar-refractivity contribution >= 4 is 23.9 Å². The van der Waals surface area contributed by atoms with E-state index < -0.39 is 0 Å². The zero-order valence-electron chi connectivity index (χ0n) is 17.1. The van der Waals surface area contributed by atoms with E-state index in [0.717, 1.165) is 36.4 Å². The highest BCUT2D eigenvalue weighted by Gasteiger charge is 2.12. The number of hydrogen-bond acceptors (Lipinski definition) is 6. The maximum atomic E-state index is 8.91. The quantitative estimate of drug-likeness (QED) is 0.504. The molecule has 152 valence electrons. The molecule has 0 aliphatic rings. The Morgan fingerprint density at radius 1 is 1.14 bits per heavy atom. The Kier molecular flexibility index (Phi) is 8.15. The van der Waals surface area contributed by atoms with E-state index in [2.05, 4.69) is 60.3 Å². The van der Waals surface area contributed by atoms with Crippen molar-refractivity contribution in [1.29, 1.82) is 5.26 Å². The van der Waals surface area contributed by atoms with E-state index in [0.29, 0.717) is 16.6 Å². The highest BCUT2D eigenvalue weighted by molar-refractivity contribution is 7.07. The average molecular weight is 429 g/mol. The highest BCUT2D eigenvalue weighted by atomic mass is 35.5. The van der Waals surface area contributed by atoms with Crippen molar-refractivity contribution in [1.82, 2.24) is 14.3 Å². The normalized spacial score (nSPS) is 10.5. The smallest absolute Gasteiger partial charge is 0.299 e. The van der Waals surface area contributed by atoms with Gasteiger partial charge in [-0.3, -0.25) is 0 Å². The van der Waals surface area contributed by atoms with Crippen LogP contribution in [0.15, 0.2) is 36.4 Å². The Labute approximate surface area is 182 Å². The predicted molar refractivity (Wildman–Crippen MR) is 120 cm³/mol. The predicted octanol–water partition coefficient (Wildman–Crippen LogP) is 5.40. The van der Waals surface area contributed by atoms with Crippen molar-refractivity contribution in [2.24, 2.45) is 0 Å². The van der Waals surface area contributed by atoms with Gasteiger partial charge in [-0.1, -0.05) is 13.0 Å². The number of ether oxygens (including phenoxy) is 1. The molecular formula is C22H25ClN4OS. The number of nitriles is 1. The number of halogens is 1. The molecule has 3 aromatic rings. The molecule has 1 heterocycles. The van der Waals surface area contributed by atoms with Gasteiger partial charge >= 0.3 is 0 Å². The molecule has 0 bridgehead atoms.